The second-order valence-corrected chi connectivity index (χ2v) is 19.4. The lowest BCUT2D eigenvalue weighted by Gasteiger charge is -2.39. The van der Waals surface area contributed by atoms with Gasteiger partial charge in [0.15, 0.2) is 24.5 Å². The molecule has 2 aromatic heterocycles. The van der Waals surface area contributed by atoms with Crippen LogP contribution in [-0.2, 0) is 96.5 Å². The van der Waals surface area contributed by atoms with E-state index in [4.69, 9.17) is 72.8 Å². The second kappa shape index (κ2) is 36.1. The molecule has 82 heavy (non-hydrogen) atoms. The topological polar surface area (TPSA) is 346 Å². The van der Waals surface area contributed by atoms with E-state index >= 15 is 0 Å². The van der Waals surface area contributed by atoms with Gasteiger partial charge in [-0.05, 0) is 88.6 Å². The normalized spacial score (nSPS) is 17.1. The van der Waals surface area contributed by atoms with E-state index in [0.29, 0.717) is 60.3 Å². The quantitative estimate of drug-likeness (QED) is 0.0197. The van der Waals surface area contributed by atoms with Crippen LogP contribution in [0.5, 0.6) is 5.75 Å². The molecule has 0 radical (unpaired) electrons. The maximum Gasteiger partial charge on any atom is 0.343 e. The van der Waals surface area contributed by atoms with Gasteiger partial charge in [-0.15, -0.1) is 0 Å². The van der Waals surface area contributed by atoms with E-state index in [1.165, 1.54) is 21.3 Å². The number of carboxylic acid groups (broad SMARTS) is 1. The number of phenolic OH excluding ortho intramolecular Hbond substituents is 1. The molecule has 0 saturated carbocycles. The lowest BCUT2D eigenvalue weighted by Crippen LogP contribution is -2.51. The van der Waals surface area contributed by atoms with Gasteiger partial charge in [0.05, 0.1) is 85.9 Å². The smallest absolute Gasteiger partial charge is 0.343 e. The fourth-order valence-electron chi connectivity index (χ4n) is 8.79. The van der Waals surface area contributed by atoms with Crippen LogP contribution in [0.15, 0.2) is 29.1 Å². The number of rotatable bonds is 34. The maximum absolute atomic E-state index is 14.0. The second-order valence-electron chi connectivity index (χ2n) is 19.4. The first-order chi connectivity index (χ1) is 39.2. The van der Waals surface area contributed by atoms with E-state index in [0.717, 1.165) is 16.5 Å². The number of aliphatic hydroxyl groups is 4. The third-order valence-corrected chi connectivity index (χ3v) is 13.9. The number of aryl methyl sites for hydroxylation is 1. The Hall–Kier alpha value is -5.71. The highest BCUT2D eigenvalue weighted by atomic mass is 16.7. The SMILES string of the molecule is CCC(CO)OC(CO)OC.CCC(CO)OC(COC(=O)CCCC(=O)O)OC.CCc1c2c(nc3ccc(O)cc13)-c1cc3c(c(=O)n1C2)COC(=O)[C@@]3(CC)OC(C)[C@H](C)NC(=O)CCCC(=O)OCC(OC)OC(CC)CO. The Labute approximate surface area is 478 Å². The summed E-state index contributed by atoms with van der Waals surface area (Å²) >= 11 is 0. The van der Waals surface area contributed by atoms with Gasteiger partial charge in [-0.25, -0.2) is 9.78 Å². The van der Waals surface area contributed by atoms with Crippen LogP contribution < -0.4 is 10.9 Å². The van der Waals surface area contributed by atoms with Crippen LogP contribution in [0.25, 0.3) is 22.3 Å². The molecule has 2 aliphatic rings. The van der Waals surface area contributed by atoms with Crippen molar-refractivity contribution < 1.29 is 102 Å². The molecule has 462 valence electrons. The molecule has 4 heterocycles. The minimum absolute atomic E-state index is 0.00106. The third-order valence-electron chi connectivity index (χ3n) is 13.9. The number of hydrogen-bond donors (Lipinski definition) is 7. The van der Waals surface area contributed by atoms with Crippen LogP contribution >= 0.6 is 0 Å². The van der Waals surface area contributed by atoms with Gasteiger partial charge >= 0.3 is 23.9 Å². The standard InChI is InChI=1S/C38H49N3O11.C12H22O7.C7H16O4/c1-7-24(18-42)51-34(48-6)20-49-33(45)12-10-11-32(44)39-21(4)22(5)52-38(9-3)29-16-31-35-27(17-41(31)36(46)28(29)19-50-37(38)47)25(8-2)26-15-23(43)13-14-30(26)40-35;1-3-9(7-13)19-12(17-2)8-18-11(16)6-4-5-10(14)15;1-3-6(4-8)11-7(5-9)10-2/h13-16,21-22,24,34,42-43H,7-12,17-20H2,1-6H3,(H,39,44);9,12-13H,3-8H2,1-2H3,(H,14,15);6-9H,3-5H2,1-2H3/t21-,22?,24?,34?,38-;;/m0../s1. The Morgan fingerprint density at radius 1 is 0.732 bits per heavy atom. The lowest BCUT2D eigenvalue weighted by molar-refractivity contribution is -0.194. The van der Waals surface area contributed by atoms with Crippen LogP contribution in [0.1, 0.15) is 135 Å². The molecule has 7 unspecified atom stereocenters. The number of fused-ring (bicyclic) bond motifs is 5. The largest absolute Gasteiger partial charge is 0.508 e. The van der Waals surface area contributed by atoms with Crippen LogP contribution in [-0.4, -0.2) is 180 Å². The molecule has 0 fully saturated rings. The van der Waals surface area contributed by atoms with E-state index in [1.807, 2.05) is 33.8 Å². The molecule has 25 nitrogen and oxygen atoms in total. The van der Waals surface area contributed by atoms with Crippen LogP contribution in [0.2, 0.25) is 0 Å². The molecule has 0 bridgehead atoms. The molecule has 2 aliphatic heterocycles. The molecular weight excluding hydrogens is 1080 g/mol. The molecule has 1 amide bonds. The Morgan fingerprint density at radius 3 is 1.74 bits per heavy atom. The fraction of sp³-hybridized carbons (Fsp3) is 0.667. The summed E-state index contributed by atoms with van der Waals surface area (Å²) in [5.74, 6) is -2.75. The number of aromatic hydroxyl groups is 1. The van der Waals surface area contributed by atoms with Crippen LogP contribution in [0.3, 0.4) is 0 Å². The molecule has 7 N–H and O–H groups in total. The van der Waals surface area contributed by atoms with Gasteiger partial charge in [0.1, 0.15) is 25.6 Å². The summed E-state index contributed by atoms with van der Waals surface area (Å²) in [5, 5.41) is 57.9. The summed E-state index contributed by atoms with van der Waals surface area (Å²) < 4.78 is 54.8. The number of ether oxygens (including phenoxy) is 10. The van der Waals surface area contributed by atoms with Crippen molar-refractivity contribution in [2.45, 2.75) is 187 Å². The summed E-state index contributed by atoms with van der Waals surface area (Å²) in [6, 6.07) is 6.28. The van der Waals surface area contributed by atoms with Crippen LogP contribution in [0.4, 0.5) is 0 Å². The number of hydrogen-bond acceptors (Lipinski definition) is 22. The Morgan fingerprint density at radius 2 is 1.27 bits per heavy atom. The molecule has 0 spiro atoms. The third kappa shape index (κ3) is 20.3. The van der Waals surface area contributed by atoms with Crippen molar-refractivity contribution in [3.63, 3.8) is 0 Å². The van der Waals surface area contributed by atoms with Crippen molar-refractivity contribution in [2.75, 3.05) is 61.0 Å². The molecular formula is C57H87N3O22. The molecule has 5 rings (SSSR count). The summed E-state index contributed by atoms with van der Waals surface area (Å²) in [4.78, 5) is 79.2. The zero-order valence-electron chi connectivity index (χ0n) is 49.0. The van der Waals surface area contributed by atoms with Gasteiger partial charge in [0.25, 0.3) is 5.56 Å². The van der Waals surface area contributed by atoms with E-state index in [2.05, 4.69) is 5.32 Å². The van der Waals surface area contributed by atoms with Crippen molar-refractivity contribution in [3.8, 4) is 17.1 Å². The lowest BCUT2D eigenvalue weighted by atomic mass is 9.85. The summed E-state index contributed by atoms with van der Waals surface area (Å²) in [6.07, 6.45) is -0.686. The molecule has 0 saturated heterocycles. The van der Waals surface area contributed by atoms with Gasteiger partial charge in [0.2, 0.25) is 5.91 Å². The number of phenols is 1. The molecule has 25 heteroatoms. The monoisotopic (exact) mass is 1170 g/mol. The zero-order chi connectivity index (χ0) is 61.1. The van der Waals surface area contributed by atoms with E-state index in [1.54, 1.807) is 43.5 Å². The van der Waals surface area contributed by atoms with Crippen molar-refractivity contribution in [1.82, 2.24) is 14.9 Å². The molecule has 0 aliphatic carbocycles. The average molecular weight is 1170 g/mol. The number of amides is 1. The zero-order valence-corrected chi connectivity index (χ0v) is 49.0. The van der Waals surface area contributed by atoms with Crippen molar-refractivity contribution in [3.05, 3.63) is 56.9 Å². The highest BCUT2D eigenvalue weighted by Gasteiger charge is 2.50. The van der Waals surface area contributed by atoms with Gasteiger partial charge in [0, 0.05) is 63.5 Å². The number of aromatic nitrogens is 2. The number of pyridine rings is 2. The number of methoxy groups -OCH3 is 3. The summed E-state index contributed by atoms with van der Waals surface area (Å²) in [6.45, 7) is 12.2. The summed E-state index contributed by atoms with van der Waals surface area (Å²) in [5.41, 5.74) is 2.65. The first-order valence-corrected chi connectivity index (χ1v) is 27.8. The first kappa shape index (κ1) is 70.6. The first-order valence-electron chi connectivity index (χ1n) is 27.8. The Kier molecular flexibility index (Phi) is 31.1. The maximum atomic E-state index is 14.0. The van der Waals surface area contributed by atoms with Gasteiger partial charge in [-0.2, -0.15) is 0 Å². The number of aliphatic carboxylic acids is 1. The predicted octanol–water partition coefficient (Wildman–Crippen LogP) is 4.02. The van der Waals surface area contributed by atoms with Gasteiger partial charge < -0.3 is 87.9 Å². The van der Waals surface area contributed by atoms with E-state index in [9.17, 15) is 39.0 Å². The number of carboxylic acids is 1. The van der Waals surface area contributed by atoms with Gasteiger partial charge in [-0.1, -0.05) is 34.6 Å². The number of nitrogens with zero attached hydrogens (tertiary/aromatic N) is 2. The van der Waals surface area contributed by atoms with Crippen molar-refractivity contribution in [1.29, 1.82) is 0 Å². The fourth-order valence-corrected chi connectivity index (χ4v) is 8.79. The predicted molar refractivity (Wildman–Crippen MR) is 295 cm³/mol. The highest BCUT2D eigenvalue weighted by Crippen LogP contribution is 2.43. The van der Waals surface area contributed by atoms with Crippen LogP contribution in [0, 0.1) is 0 Å². The molecule has 1 aromatic carbocycles. The molecule has 9 atom stereocenters. The van der Waals surface area contributed by atoms with Gasteiger partial charge in [-0.3, -0.25) is 24.0 Å². The number of esters is 3. The number of carbonyl (C=O) groups is 5. The van der Waals surface area contributed by atoms with Crippen molar-refractivity contribution >= 4 is 40.7 Å². The van der Waals surface area contributed by atoms with E-state index in [-0.39, 0.29) is 121 Å². The number of carbonyl (C=O) groups excluding carboxylic acids is 4. The number of aliphatic hydroxyl groups excluding tert-OH is 4. The Balaban J connectivity index is 0.000000482. The average Bonchev–Trinajstić information content (AvgIpc) is 3.91. The minimum atomic E-state index is -1.61. The Bertz CT molecular complexity index is 2530. The number of nitrogens with one attached hydrogen (secondary N) is 1. The number of benzene rings is 1. The number of cyclic esters (lactones) is 1. The summed E-state index contributed by atoms with van der Waals surface area (Å²) in [7, 11) is 4.27. The minimum Gasteiger partial charge on any atom is -0.508 e. The molecule has 3 aromatic rings. The van der Waals surface area contributed by atoms with Crippen molar-refractivity contribution in [2.24, 2.45) is 0 Å². The van der Waals surface area contributed by atoms with E-state index < -0.39 is 66.6 Å². The highest BCUT2D eigenvalue weighted by molar-refractivity contribution is 5.90.